The molecule has 0 saturated carbocycles. The van der Waals surface area contributed by atoms with Gasteiger partial charge in [0.05, 0.1) is 11.3 Å². The molecule has 1 aromatic carbocycles. The summed E-state index contributed by atoms with van der Waals surface area (Å²) in [6.45, 7) is -0.264. The van der Waals surface area contributed by atoms with E-state index < -0.39 is 28.9 Å². The summed E-state index contributed by atoms with van der Waals surface area (Å²) < 4.78 is 48.4. The van der Waals surface area contributed by atoms with Crippen LogP contribution in [0.3, 0.4) is 0 Å². The first kappa shape index (κ1) is 17.1. The molecule has 1 aromatic rings. The first-order valence-electron chi connectivity index (χ1n) is 5.47. The van der Waals surface area contributed by atoms with Crippen molar-refractivity contribution in [1.29, 1.82) is 0 Å². The van der Waals surface area contributed by atoms with Crippen LogP contribution in [0, 0.1) is 5.82 Å². The minimum absolute atomic E-state index is 0.162. The number of benzene rings is 1. The Bertz CT molecular complexity index is 537. The zero-order chi connectivity index (χ0) is 16.0. The van der Waals surface area contributed by atoms with E-state index in [1.54, 1.807) is 0 Å². The second-order valence-electron chi connectivity index (χ2n) is 3.67. The quantitative estimate of drug-likeness (QED) is 0.574. The largest absolute Gasteiger partial charge is 0.478 e. The molecule has 21 heavy (non-hydrogen) atoms. The molecule has 0 aliphatic carbocycles. The van der Waals surface area contributed by atoms with Gasteiger partial charge in [0, 0.05) is 12.3 Å². The second kappa shape index (κ2) is 7.16. The van der Waals surface area contributed by atoms with Crippen LogP contribution in [0.4, 0.5) is 28.0 Å². The minimum atomic E-state index is -4.38. The van der Waals surface area contributed by atoms with Gasteiger partial charge in [-0.15, -0.1) is 0 Å². The van der Waals surface area contributed by atoms with E-state index in [0.29, 0.717) is 0 Å². The number of hydrogen-bond acceptors (Lipinski definition) is 3. The minimum Gasteiger partial charge on any atom is -0.478 e. The van der Waals surface area contributed by atoms with Crippen LogP contribution in [-0.4, -0.2) is 34.9 Å². The topological polar surface area (TPSA) is 78.4 Å². The second-order valence-corrected chi connectivity index (χ2v) is 4.83. The summed E-state index contributed by atoms with van der Waals surface area (Å²) in [6, 6.07) is 1.83. The molecular formula is C11H10F4N2O3S. The van der Waals surface area contributed by atoms with Crippen LogP contribution in [-0.2, 0) is 0 Å². The maximum absolute atomic E-state index is 12.9. The fourth-order valence-electron chi connectivity index (χ4n) is 1.30. The number of alkyl halides is 3. The van der Waals surface area contributed by atoms with Crippen LogP contribution in [0.5, 0.6) is 0 Å². The Morgan fingerprint density at radius 2 is 1.95 bits per heavy atom. The molecule has 0 radical (unpaired) electrons. The number of urea groups is 1. The van der Waals surface area contributed by atoms with Crippen LogP contribution in [0.1, 0.15) is 10.4 Å². The lowest BCUT2D eigenvalue weighted by atomic mass is 10.2. The number of nitrogens with one attached hydrogen (secondary N) is 2. The van der Waals surface area contributed by atoms with E-state index in [-0.39, 0.29) is 29.7 Å². The third-order valence-corrected chi connectivity index (χ3v) is 2.85. The lowest BCUT2D eigenvalue weighted by Gasteiger charge is -2.10. The Morgan fingerprint density at radius 3 is 2.52 bits per heavy atom. The monoisotopic (exact) mass is 326 g/mol. The van der Waals surface area contributed by atoms with Gasteiger partial charge in [-0.05, 0) is 30.0 Å². The summed E-state index contributed by atoms with van der Waals surface area (Å²) in [5.41, 5.74) is -5.01. The molecule has 0 aliphatic heterocycles. The molecule has 10 heteroatoms. The van der Waals surface area contributed by atoms with E-state index in [1.165, 1.54) is 0 Å². The summed E-state index contributed by atoms with van der Waals surface area (Å²) in [5, 5.41) is 13.1. The molecule has 0 bridgehead atoms. The van der Waals surface area contributed by atoms with E-state index in [4.69, 9.17) is 5.11 Å². The SMILES string of the molecule is O=C(NCCSC(F)(F)F)Nc1ccc(F)cc1C(=O)O. The smallest absolute Gasteiger partial charge is 0.441 e. The van der Waals surface area contributed by atoms with Gasteiger partial charge in [-0.25, -0.2) is 14.0 Å². The molecule has 2 amide bonds. The zero-order valence-corrected chi connectivity index (χ0v) is 11.1. The molecule has 0 heterocycles. The zero-order valence-electron chi connectivity index (χ0n) is 10.3. The van der Waals surface area contributed by atoms with Gasteiger partial charge in [-0.1, -0.05) is 0 Å². The van der Waals surface area contributed by atoms with Gasteiger partial charge in [0.2, 0.25) is 0 Å². The molecule has 0 fully saturated rings. The van der Waals surface area contributed by atoms with Gasteiger partial charge in [0.25, 0.3) is 0 Å². The first-order chi connectivity index (χ1) is 9.69. The summed E-state index contributed by atoms with van der Waals surface area (Å²) in [6.07, 6.45) is 0. The number of carbonyl (C=O) groups is 2. The van der Waals surface area contributed by atoms with Crippen molar-refractivity contribution < 1.29 is 32.3 Å². The summed E-state index contributed by atoms with van der Waals surface area (Å²) in [7, 11) is 0. The molecule has 0 saturated heterocycles. The van der Waals surface area contributed by atoms with Gasteiger partial charge in [-0.3, -0.25) is 0 Å². The van der Waals surface area contributed by atoms with Crippen LogP contribution < -0.4 is 10.6 Å². The van der Waals surface area contributed by atoms with Crippen molar-refractivity contribution in [2.75, 3.05) is 17.6 Å². The summed E-state index contributed by atoms with van der Waals surface area (Å²) in [4.78, 5) is 22.3. The van der Waals surface area contributed by atoms with Crippen LogP contribution in [0.2, 0.25) is 0 Å². The Kier molecular flexibility index (Phi) is 5.82. The molecular weight excluding hydrogens is 316 g/mol. The highest BCUT2D eigenvalue weighted by Crippen LogP contribution is 2.29. The normalized spacial score (nSPS) is 11.0. The number of amides is 2. The van der Waals surface area contributed by atoms with Crippen molar-refractivity contribution in [3.05, 3.63) is 29.6 Å². The molecule has 0 aromatic heterocycles. The van der Waals surface area contributed by atoms with Gasteiger partial charge in [0.1, 0.15) is 5.82 Å². The summed E-state index contributed by atoms with van der Waals surface area (Å²) >= 11 is -0.294. The highest BCUT2D eigenvalue weighted by atomic mass is 32.2. The maximum Gasteiger partial charge on any atom is 0.441 e. The van der Waals surface area contributed by atoms with Crippen molar-refractivity contribution in [1.82, 2.24) is 5.32 Å². The van der Waals surface area contributed by atoms with E-state index in [2.05, 4.69) is 10.6 Å². The number of aromatic carboxylic acids is 1. The molecule has 0 atom stereocenters. The lowest BCUT2D eigenvalue weighted by molar-refractivity contribution is -0.0327. The number of halogens is 4. The van der Waals surface area contributed by atoms with Crippen molar-refractivity contribution in [2.24, 2.45) is 0 Å². The van der Waals surface area contributed by atoms with Gasteiger partial charge in [0.15, 0.2) is 0 Å². The summed E-state index contributed by atoms with van der Waals surface area (Å²) in [5.74, 6) is -2.62. The van der Waals surface area contributed by atoms with Crippen LogP contribution in [0.25, 0.3) is 0 Å². The highest BCUT2D eigenvalue weighted by molar-refractivity contribution is 8.00. The average Bonchev–Trinajstić information content (AvgIpc) is 2.35. The molecule has 0 unspecified atom stereocenters. The predicted octanol–water partition coefficient (Wildman–Crippen LogP) is 2.90. The lowest BCUT2D eigenvalue weighted by Crippen LogP contribution is -2.31. The van der Waals surface area contributed by atoms with Crippen molar-refractivity contribution in [2.45, 2.75) is 5.51 Å². The van der Waals surface area contributed by atoms with Gasteiger partial charge in [-0.2, -0.15) is 13.2 Å². The maximum atomic E-state index is 12.9. The van der Waals surface area contributed by atoms with E-state index in [0.717, 1.165) is 18.2 Å². The third kappa shape index (κ3) is 6.34. The number of thioether (sulfide) groups is 1. The van der Waals surface area contributed by atoms with Crippen LogP contribution >= 0.6 is 11.8 Å². The van der Waals surface area contributed by atoms with Crippen molar-refractivity contribution >= 4 is 29.4 Å². The average molecular weight is 326 g/mol. The molecule has 3 N–H and O–H groups in total. The molecule has 5 nitrogen and oxygen atoms in total. The number of carbonyl (C=O) groups excluding carboxylic acids is 1. The number of carboxylic acid groups (broad SMARTS) is 1. The number of hydrogen-bond donors (Lipinski definition) is 3. The Labute approximate surface area is 120 Å². The predicted molar refractivity (Wildman–Crippen MR) is 68.9 cm³/mol. The molecule has 116 valence electrons. The van der Waals surface area contributed by atoms with Crippen LogP contribution in [0.15, 0.2) is 18.2 Å². The molecule has 0 spiro atoms. The van der Waals surface area contributed by atoms with E-state index in [1.807, 2.05) is 0 Å². The number of rotatable bonds is 5. The highest BCUT2D eigenvalue weighted by Gasteiger charge is 2.27. The fourth-order valence-corrected chi connectivity index (χ4v) is 1.74. The van der Waals surface area contributed by atoms with Crippen molar-refractivity contribution in [3.8, 4) is 0 Å². The molecule has 0 aliphatic rings. The Morgan fingerprint density at radius 1 is 1.29 bits per heavy atom. The van der Waals surface area contributed by atoms with E-state index in [9.17, 15) is 27.2 Å². The first-order valence-corrected chi connectivity index (χ1v) is 6.46. The number of carboxylic acids is 1. The Hall–Kier alpha value is -1.97. The van der Waals surface area contributed by atoms with E-state index >= 15 is 0 Å². The van der Waals surface area contributed by atoms with Crippen molar-refractivity contribution in [3.63, 3.8) is 0 Å². The number of anilines is 1. The molecule has 1 rings (SSSR count). The van der Waals surface area contributed by atoms with Gasteiger partial charge < -0.3 is 15.7 Å². The third-order valence-electron chi connectivity index (χ3n) is 2.11. The Balaban J connectivity index is 2.54. The standard InChI is InChI=1S/C11H10F4N2O3S/c12-6-1-2-8(7(5-6)9(18)19)17-10(20)16-3-4-21-11(13,14)15/h1-2,5H,3-4H2,(H,18,19)(H2,16,17,20). The fraction of sp³-hybridized carbons (Fsp3) is 0.273. The van der Waals surface area contributed by atoms with Gasteiger partial charge >= 0.3 is 17.5 Å².